The maximum atomic E-state index is 12.8. The number of hydrogen-bond donors (Lipinski definition) is 1. The summed E-state index contributed by atoms with van der Waals surface area (Å²) in [6.45, 7) is 4.54. The van der Waals surface area contributed by atoms with E-state index in [1.165, 1.54) is 4.52 Å². The summed E-state index contributed by atoms with van der Waals surface area (Å²) in [6, 6.07) is 7.43. The van der Waals surface area contributed by atoms with E-state index in [1.807, 2.05) is 43.0 Å². The van der Waals surface area contributed by atoms with E-state index < -0.39 is 0 Å². The van der Waals surface area contributed by atoms with Crippen LogP contribution in [0.25, 0.3) is 5.65 Å². The molecule has 0 saturated carbocycles. The fourth-order valence-corrected chi connectivity index (χ4v) is 3.91. The van der Waals surface area contributed by atoms with Gasteiger partial charge >= 0.3 is 0 Å². The number of carbonyl (C=O) groups is 1. The first-order valence-corrected chi connectivity index (χ1v) is 9.39. The summed E-state index contributed by atoms with van der Waals surface area (Å²) < 4.78 is 1.50. The highest BCUT2D eigenvalue weighted by molar-refractivity contribution is 5.79. The third-order valence-corrected chi connectivity index (χ3v) is 5.28. The van der Waals surface area contributed by atoms with Crippen molar-refractivity contribution in [3.05, 3.63) is 63.5 Å². The lowest BCUT2D eigenvalue weighted by molar-refractivity contribution is -0.131. The Balaban J connectivity index is 1.65. The second-order valence-electron chi connectivity index (χ2n) is 6.98. The summed E-state index contributed by atoms with van der Waals surface area (Å²) in [5.74, 6) is 0.0561. The summed E-state index contributed by atoms with van der Waals surface area (Å²) >= 11 is 0. The summed E-state index contributed by atoms with van der Waals surface area (Å²) in [6.07, 6.45) is 4.44. The van der Waals surface area contributed by atoms with Crippen molar-refractivity contribution >= 4 is 11.6 Å². The number of pyridine rings is 1. The number of fused-ring (bicyclic) bond motifs is 1. The van der Waals surface area contributed by atoms with Crippen molar-refractivity contribution in [2.24, 2.45) is 0 Å². The first kappa shape index (κ1) is 17.5. The second kappa shape index (κ2) is 6.98. The van der Waals surface area contributed by atoms with Gasteiger partial charge in [0.2, 0.25) is 5.91 Å². The van der Waals surface area contributed by atoms with Gasteiger partial charge in [0.05, 0.1) is 18.2 Å². The van der Waals surface area contributed by atoms with Crippen LogP contribution in [0.15, 0.2) is 35.3 Å². The van der Waals surface area contributed by atoms with Gasteiger partial charge in [0.25, 0.3) is 5.56 Å². The molecule has 0 radical (unpaired) electrons. The fourth-order valence-electron chi connectivity index (χ4n) is 3.91. The first-order valence-electron chi connectivity index (χ1n) is 9.39. The smallest absolute Gasteiger partial charge is 0.276 e. The summed E-state index contributed by atoms with van der Waals surface area (Å²) in [4.78, 5) is 36.2. The van der Waals surface area contributed by atoms with Crippen LogP contribution >= 0.6 is 0 Å². The van der Waals surface area contributed by atoms with Crippen LogP contribution in [-0.4, -0.2) is 36.9 Å². The number of amides is 1. The molecule has 7 nitrogen and oxygen atoms in total. The second-order valence-corrected chi connectivity index (χ2v) is 6.98. The van der Waals surface area contributed by atoms with Crippen LogP contribution in [0.5, 0.6) is 0 Å². The number of aromatic amines is 1. The van der Waals surface area contributed by atoms with E-state index in [0.717, 1.165) is 35.5 Å². The molecule has 1 atom stereocenters. The minimum absolute atomic E-state index is 0.0561. The summed E-state index contributed by atoms with van der Waals surface area (Å²) in [7, 11) is 0. The predicted molar refractivity (Wildman–Crippen MR) is 102 cm³/mol. The van der Waals surface area contributed by atoms with Crippen LogP contribution in [0.4, 0.5) is 0 Å². The molecule has 0 aliphatic carbocycles. The number of nitrogens with zero attached hydrogens (tertiary/aromatic N) is 4. The molecule has 1 fully saturated rings. The van der Waals surface area contributed by atoms with Crippen LogP contribution in [0.3, 0.4) is 0 Å². The molecule has 3 aromatic heterocycles. The quantitative estimate of drug-likeness (QED) is 0.768. The largest absolute Gasteiger partial charge is 0.334 e. The molecular formula is C20H23N5O2. The molecule has 7 heteroatoms. The number of carbonyl (C=O) groups excluding carboxylic acids is 1. The van der Waals surface area contributed by atoms with Crippen molar-refractivity contribution in [1.29, 1.82) is 0 Å². The Morgan fingerprint density at radius 3 is 2.96 bits per heavy atom. The van der Waals surface area contributed by atoms with Gasteiger partial charge < -0.3 is 4.90 Å². The van der Waals surface area contributed by atoms with Gasteiger partial charge in [-0.05, 0) is 38.3 Å². The molecule has 4 heterocycles. The molecule has 1 N–H and O–H groups in total. The molecule has 3 aromatic rings. The Hall–Kier alpha value is -2.96. The Morgan fingerprint density at radius 2 is 2.22 bits per heavy atom. The molecule has 0 bridgehead atoms. The predicted octanol–water partition coefficient (Wildman–Crippen LogP) is 2.19. The zero-order valence-corrected chi connectivity index (χ0v) is 15.6. The van der Waals surface area contributed by atoms with E-state index in [-0.39, 0.29) is 23.9 Å². The number of aryl methyl sites for hydroxylation is 1. The molecule has 140 valence electrons. The van der Waals surface area contributed by atoms with Crippen molar-refractivity contribution in [3.63, 3.8) is 0 Å². The zero-order chi connectivity index (χ0) is 19.0. The molecule has 4 rings (SSSR count). The van der Waals surface area contributed by atoms with E-state index in [4.69, 9.17) is 0 Å². The normalized spacial score (nSPS) is 17.0. The van der Waals surface area contributed by atoms with Crippen molar-refractivity contribution in [3.8, 4) is 0 Å². The molecule has 0 aromatic carbocycles. The SMILES string of the molecule is CCc1c(C)nc2cc([C@@H]3CCCN3C(=O)Cc3ccccn3)[nH]n2c1=O. The van der Waals surface area contributed by atoms with Gasteiger partial charge in [-0.2, -0.15) is 0 Å². The first-order chi connectivity index (χ1) is 13.1. The highest BCUT2D eigenvalue weighted by Crippen LogP contribution is 2.31. The number of nitrogens with one attached hydrogen (secondary N) is 1. The van der Waals surface area contributed by atoms with E-state index in [1.54, 1.807) is 6.20 Å². The Labute approximate surface area is 157 Å². The average molecular weight is 365 g/mol. The maximum absolute atomic E-state index is 12.8. The van der Waals surface area contributed by atoms with E-state index in [9.17, 15) is 9.59 Å². The lowest BCUT2D eigenvalue weighted by Gasteiger charge is -2.23. The molecule has 0 unspecified atom stereocenters. The van der Waals surface area contributed by atoms with Gasteiger partial charge in [-0.25, -0.2) is 9.50 Å². The maximum Gasteiger partial charge on any atom is 0.276 e. The van der Waals surface area contributed by atoms with Gasteiger partial charge in [0, 0.05) is 35.8 Å². The van der Waals surface area contributed by atoms with Crippen LogP contribution in [0.2, 0.25) is 0 Å². The molecule has 1 aliphatic rings. The van der Waals surface area contributed by atoms with Crippen LogP contribution < -0.4 is 5.56 Å². The third-order valence-electron chi connectivity index (χ3n) is 5.28. The van der Waals surface area contributed by atoms with Gasteiger partial charge in [0.1, 0.15) is 0 Å². The lowest BCUT2D eigenvalue weighted by Crippen LogP contribution is -2.32. The molecule has 1 amide bonds. The van der Waals surface area contributed by atoms with Crippen LogP contribution in [0.1, 0.15) is 48.5 Å². The highest BCUT2D eigenvalue weighted by Gasteiger charge is 2.31. The molecule has 0 spiro atoms. The zero-order valence-electron chi connectivity index (χ0n) is 15.6. The van der Waals surface area contributed by atoms with Gasteiger partial charge in [-0.3, -0.25) is 19.7 Å². The highest BCUT2D eigenvalue weighted by atomic mass is 16.2. The summed E-state index contributed by atoms with van der Waals surface area (Å²) in [5.41, 5.74) is 3.66. The van der Waals surface area contributed by atoms with E-state index in [2.05, 4.69) is 15.1 Å². The van der Waals surface area contributed by atoms with Crippen molar-refractivity contribution in [1.82, 2.24) is 24.5 Å². The van der Waals surface area contributed by atoms with Crippen molar-refractivity contribution < 1.29 is 4.79 Å². The van der Waals surface area contributed by atoms with Gasteiger partial charge in [-0.1, -0.05) is 13.0 Å². The van der Waals surface area contributed by atoms with E-state index in [0.29, 0.717) is 18.6 Å². The molecule has 1 aliphatic heterocycles. The number of likely N-dealkylation sites (tertiary alicyclic amines) is 1. The molecular weight excluding hydrogens is 342 g/mol. The van der Waals surface area contributed by atoms with Crippen LogP contribution in [0, 0.1) is 6.92 Å². The minimum Gasteiger partial charge on any atom is -0.334 e. The Morgan fingerprint density at radius 1 is 1.37 bits per heavy atom. The Bertz CT molecular complexity index is 1040. The topological polar surface area (TPSA) is 83.4 Å². The number of aromatic nitrogens is 4. The molecule has 27 heavy (non-hydrogen) atoms. The van der Waals surface area contributed by atoms with Gasteiger partial charge in [-0.15, -0.1) is 0 Å². The van der Waals surface area contributed by atoms with Crippen molar-refractivity contribution in [2.75, 3.05) is 6.54 Å². The van der Waals surface area contributed by atoms with Crippen molar-refractivity contribution in [2.45, 2.75) is 45.6 Å². The van der Waals surface area contributed by atoms with Crippen LogP contribution in [-0.2, 0) is 17.6 Å². The number of hydrogen-bond acceptors (Lipinski definition) is 4. The molecule has 1 saturated heterocycles. The summed E-state index contributed by atoms with van der Waals surface area (Å²) in [5, 5.41) is 3.19. The monoisotopic (exact) mass is 365 g/mol. The average Bonchev–Trinajstić information content (AvgIpc) is 3.29. The minimum atomic E-state index is -0.0623. The fraction of sp³-hybridized carbons (Fsp3) is 0.400. The lowest BCUT2D eigenvalue weighted by atomic mass is 10.1. The van der Waals surface area contributed by atoms with E-state index >= 15 is 0 Å². The number of H-pyrrole nitrogens is 1. The third kappa shape index (κ3) is 3.13. The van der Waals surface area contributed by atoms with Gasteiger partial charge in [0.15, 0.2) is 5.65 Å². The number of rotatable bonds is 4. The standard InChI is InChI=1S/C20H23N5O2/c1-3-15-13(2)22-18-12-16(23-25(18)20(15)27)17-8-6-10-24(17)19(26)11-14-7-4-5-9-21-14/h4-5,7,9,12,17,23H,3,6,8,10-11H2,1-2H3/t17-/m0/s1. The Kier molecular flexibility index (Phi) is 4.51.